The molecule has 0 radical (unpaired) electrons. The summed E-state index contributed by atoms with van der Waals surface area (Å²) in [4.78, 5) is 16.3. The SMILES string of the molecule is CC=CCn1nc(CCC(C)C)nc1Cc1ccc(-c2ccccc2C(=O)O)cc1. The fraction of sp³-hybridized carbons (Fsp3) is 0.320. The van der Waals surface area contributed by atoms with E-state index in [9.17, 15) is 9.90 Å². The lowest BCUT2D eigenvalue weighted by Gasteiger charge is -2.08. The highest BCUT2D eigenvalue weighted by atomic mass is 16.4. The predicted molar refractivity (Wildman–Crippen MR) is 120 cm³/mol. The molecule has 0 aliphatic rings. The van der Waals surface area contributed by atoms with Crippen LogP contribution >= 0.6 is 0 Å². The molecule has 0 aliphatic carbocycles. The van der Waals surface area contributed by atoms with Crippen LogP contribution in [0.15, 0.2) is 60.7 Å². The predicted octanol–water partition coefficient (Wildman–Crippen LogP) is 5.40. The van der Waals surface area contributed by atoms with E-state index < -0.39 is 5.97 Å². The van der Waals surface area contributed by atoms with E-state index in [2.05, 4.69) is 19.9 Å². The molecular formula is C25H29N3O2. The van der Waals surface area contributed by atoms with Crippen molar-refractivity contribution in [3.63, 3.8) is 0 Å². The molecule has 30 heavy (non-hydrogen) atoms. The zero-order chi connectivity index (χ0) is 21.5. The lowest BCUT2D eigenvalue weighted by Crippen LogP contribution is -2.05. The Morgan fingerprint density at radius 1 is 1.13 bits per heavy atom. The molecule has 2 aromatic carbocycles. The number of carbonyl (C=O) groups is 1. The second-order valence-corrected chi connectivity index (χ2v) is 7.85. The fourth-order valence-corrected chi connectivity index (χ4v) is 3.34. The fourth-order valence-electron chi connectivity index (χ4n) is 3.34. The Balaban J connectivity index is 1.82. The van der Waals surface area contributed by atoms with Crippen LogP contribution in [0.2, 0.25) is 0 Å². The molecule has 0 saturated carbocycles. The number of allylic oxidation sites excluding steroid dienone is 2. The smallest absolute Gasteiger partial charge is 0.336 e. The van der Waals surface area contributed by atoms with Gasteiger partial charge in [0.2, 0.25) is 0 Å². The quantitative estimate of drug-likeness (QED) is 0.486. The number of carboxylic acids is 1. The summed E-state index contributed by atoms with van der Waals surface area (Å²) in [5.41, 5.74) is 3.05. The molecule has 5 heteroatoms. The lowest BCUT2D eigenvalue weighted by molar-refractivity contribution is 0.0697. The van der Waals surface area contributed by atoms with E-state index in [0.29, 0.717) is 24.4 Å². The Hall–Kier alpha value is -3.21. The third kappa shape index (κ3) is 5.44. The van der Waals surface area contributed by atoms with E-state index in [0.717, 1.165) is 41.2 Å². The van der Waals surface area contributed by atoms with Gasteiger partial charge in [-0.3, -0.25) is 0 Å². The first-order valence-electron chi connectivity index (χ1n) is 10.4. The standard InChI is InChI=1S/C25H29N3O2/c1-4-5-16-28-24(26-23(27-28)15-10-18(2)3)17-19-11-13-20(14-12-19)21-8-6-7-9-22(21)25(29)30/h4-9,11-14,18H,10,15-17H2,1-3H3,(H,29,30). The van der Waals surface area contributed by atoms with Gasteiger partial charge in [-0.05, 0) is 42.0 Å². The molecule has 0 aliphatic heterocycles. The molecule has 0 fully saturated rings. The van der Waals surface area contributed by atoms with Gasteiger partial charge in [-0.2, -0.15) is 5.10 Å². The molecule has 3 rings (SSSR count). The highest BCUT2D eigenvalue weighted by Crippen LogP contribution is 2.24. The molecule has 5 nitrogen and oxygen atoms in total. The Morgan fingerprint density at radius 3 is 2.53 bits per heavy atom. The third-order valence-electron chi connectivity index (χ3n) is 5.04. The van der Waals surface area contributed by atoms with Gasteiger partial charge in [0, 0.05) is 12.8 Å². The van der Waals surface area contributed by atoms with Crippen LogP contribution in [0.5, 0.6) is 0 Å². The summed E-state index contributed by atoms with van der Waals surface area (Å²) in [6.07, 6.45) is 6.75. The summed E-state index contributed by atoms with van der Waals surface area (Å²) in [5.74, 6) is 1.55. The summed E-state index contributed by atoms with van der Waals surface area (Å²) in [7, 11) is 0. The van der Waals surface area contributed by atoms with Crippen molar-refractivity contribution in [2.45, 2.75) is 46.6 Å². The average molecular weight is 404 g/mol. The summed E-state index contributed by atoms with van der Waals surface area (Å²) in [5, 5.41) is 14.1. The Bertz CT molecular complexity index is 1020. The van der Waals surface area contributed by atoms with Crippen LogP contribution in [0.1, 0.15) is 54.8 Å². The Kier molecular flexibility index (Phi) is 7.17. The van der Waals surface area contributed by atoms with Gasteiger partial charge in [-0.15, -0.1) is 0 Å². The van der Waals surface area contributed by atoms with Crippen molar-refractivity contribution < 1.29 is 9.90 Å². The molecule has 1 N–H and O–H groups in total. The summed E-state index contributed by atoms with van der Waals surface area (Å²) in [6.45, 7) is 7.14. The van der Waals surface area contributed by atoms with E-state index >= 15 is 0 Å². The highest BCUT2D eigenvalue weighted by molar-refractivity contribution is 5.95. The summed E-state index contributed by atoms with van der Waals surface area (Å²) >= 11 is 0. The van der Waals surface area contributed by atoms with E-state index in [1.54, 1.807) is 12.1 Å². The van der Waals surface area contributed by atoms with Crippen LogP contribution in [-0.2, 0) is 19.4 Å². The van der Waals surface area contributed by atoms with Crippen LogP contribution in [0.25, 0.3) is 11.1 Å². The summed E-state index contributed by atoms with van der Waals surface area (Å²) in [6, 6.07) is 15.1. The van der Waals surface area contributed by atoms with Crippen molar-refractivity contribution >= 4 is 5.97 Å². The first-order valence-corrected chi connectivity index (χ1v) is 10.4. The first kappa shape index (κ1) is 21.5. The number of aryl methyl sites for hydroxylation is 1. The first-order chi connectivity index (χ1) is 14.5. The molecule has 1 aromatic heterocycles. The average Bonchev–Trinajstić information content (AvgIpc) is 3.12. The molecular weight excluding hydrogens is 374 g/mol. The highest BCUT2D eigenvalue weighted by Gasteiger charge is 2.13. The number of aromatic nitrogens is 3. The van der Waals surface area contributed by atoms with Crippen LogP contribution in [0.3, 0.4) is 0 Å². The maximum atomic E-state index is 11.5. The van der Waals surface area contributed by atoms with Gasteiger partial charge < -0.3 is 5.11 Å². The molecule has 3 aromatic rings. The van der Waals surface area contributed by atoms with Crippen molar-refractivity contribution in [3.8, 4) is 11.1 Å². The van der Waals surface area contributed by atoms with Crippen LogP contribution < -0.4 is 0 Å². The largest absolute Gasteiger partial charge is 0.478 e. The summed E-state index contributed by atoms with van der Waals surface area (Å²) < 4.78 is 1.98. The van der Waals surface area contributed by atoms with E-state index in [1.807, 2.05) is 54.1 Å². The van der Waals surface area contributed by atoms with Crippen molar-refractivity contribution in [1.82, 2.24) is 14.8 Å². The molecule has 1 heterocycles. The van der Waals surface area contributed by atoms with Crippen LogP contribution in [0, 0.1) is 5.92 Å². The number of aromatic carboxylic acids is 1. The zero-order valence-corrected chi connectivity index (χ0v) is 17.9. The van der Waals surface area contributed by atoms with E-state index in [1.165, 1.54) is 0 Å². The molecule has 156 valence electrons. The Morgan fingerprint density at radius 2 is 1.87 bits per heavy atom. The number of hydrogen-bond acceptors (Lipinski definition) is 3. The van der Waals surface area contributed by atoms with Crippen LogP contribution in [0.4, 0.5) is 0 Å². The van der Waals surface area contributed by atoms with E-state index in [-0.39, 0.29) is 0 Å². The molecule has 0 atom stereocenters. The van der Waals surface area contributed by atoms with Gasteiger partial charge in [0.05, 0.1) is 12.1 Å². The Labute approximate surface area is 178 Å². The van der Waals surface area contributed by atoms with Gasteiger partial charge in [-0.25, -0.2) is 14.5 Å². The minimum absolute atomic E-state index is 0.311. The molecule has 0 spiro atoms. The third-order valence-corrected chi connectivity index (χ3v) is 5.04. The maximum absolute atomic E-state index is 11.5. The number of hydrogen-bond donors (Lipinski definition) is 1. The van der Waals surface area contributed by atoms with Crippen molar-refractivity contribution in [3.05, 3.63) is 83.5 Å². The number of rotatable bonds is 9. The molecule has 0 bridgehead atoms. The number of benzene rings is 2. The van der Waals surface area contributed by atoms with Gasteiger partial charge >= 0.3 is 5.97 Å². The molecule has 0 amide bonds. The number of carboxylic acid groups (broad SMARTS) is 1. The van der Waals surface area contributed by atoms with Gasteiger partial charge in [0.15, 0.2) is 5.82 Å². The topological polar surface area (TPSA) is 68.0 Å². The molecule has 0 unspecified atom stereocenters. The van der Waals surface area contributed by atoms with Crippen LogP contribution in [-0.4, -0.2) is 25.8 Å². The number of nitrogens with zero attached hydrogens (tertiary/aromatic N) is 3. The second-order valence-electron chi connectivity index (χ2n) is 7.85. The monoisotopic (exact) mass is 403 g/mol. The second kappa shape index (κ2) is 10.0. The van der Waals surface area contributed by atoms with Gasteiger partial charge in [0.25, 0.3) is 0 Å². The van der Waals surface area contributed by atoms with Crippen molar-refractivity contribution in [2.24, 2.45) is 5.92 Å². The van der Waals surface area contributed by atoms with Crippen molar-refractivity contribution in [2.75, 3.05) is 0 Å². The molecule has 0 saturated heterocycles. The maximum Gasteiger partial charge on any atom is 0.336 e. The lowest BCUT2D eigenvalue weighted by atomic mass is 9.98. The van der Waals surface area contributed by atoms with Gasteiger partial charge in [0.1, 0.15) is 5.82 Å². The van der Waals surface area contributed by atoms with Crippen molar-refractivity contribution in [1.29, 1.82) is 0 Å². The zero-order valence-electron chi connectivity index (χ0n) is 17.9. The van der Waals surface area contributed by atoms with Gasteiger partial charge in [-0.1, -0.05) is 68.5 Å². The van der Waals surface area contributed by atoms with E-state index in [4.69, 9.17) is 10.1 Å². The normalized spacial score (nSPS) is 11.5. The minimum Gasteiger partial charge on any atom is -0.478 e. The minimum atomic E-state index is -0.916.